The van der Waals surface area contributed by atoms with Crippen LogP contribution in [0.3, 0.4) is 0 Å². The minimum Gasteiger partial charge on any atom is -0.481 e. The number of carboxylic acid groups (broad SMARTS) is 1. The van der Waals surface area contributed by atoms with Crippen molar-refractivity contribution in [2.45, 2.75) is 18.5 Å². The molecule has 0 saturated heterocycles. The zero-order valence-electron chi connectivity index (χ0n) is 8.17. The third-order valence-corrected chi connectivity index (χ3v) is 4.18. The summed E-state index contributed by atoms with van der Waals surface area (Å²) < 4.78 is 21.1. The molecule has 0 aliphatic heterocycles. The van der Waals surface area contributed by atoms with Crippen molar-refractivity contribution in [2.75, 3.05) is 20.8 Å². The number of aliphatic hydroxyl groups excluding tert-OH is 1. The van der Waals surface area contributed by atoms with Crippen molar-refractivity contribution in [3.05, 3.63) is 0 Å². The second-order valence-corrected chi connectivity index (χ2v) is 5.21. The zero-order valence-corrected chi connectivity index (χ0v) is 9.07. The summed E-state index contributed by atoms with van der Waals surface area (Å²) in [5.41, 5.74) is -0.806. The van der Waals surface area contributed by atoms with Gasteiger partial charge >= 0.3 is 13.6 Å². The number of aliphatic carboxylic acids is 1. The summed E-state index contributed by atoms with van der Waals surface area (Å²) >= 11 is 0. The average molecular weight is 226 g/mol. The molecule has 0 heterocycles. The molecule has 0 aromatic carbocycles. The molecule has 7 heteroatoms. The van der Waals surface area contributed by atoms with E-state index >= 15 is 0 Å². The lowest BCUT2D eigenvalue weighted by atomic mass is 10.2. The molecule has 0 fully saturated rings. The molecule has 0 amide bonds. The van der Waals surface area contributed by atoms with Crippen molar-refractivity contribution in [3.63, 3.8) is 0 Å². The van der Waals surface area contributed by atoms with Gasteiger partial charge in [-0.15, -0.1) is 0 Å². The van der Waals surface area contributed by atoms with E-state index in [0.29, 0.717) is 0 Å². The van der Waals surface area contributed by atoms with Gasteiger partial charge in [0.15, 0.2) is 0 Å². The fraction of sp³-hybridized carbons (Fsp3) is 0.857. The van der Waals surface area contributed by atoms with Crippen LogP contribution < -0.4 is 0 Å². The molecule has 0 saturated carbocycles. The molecule has 0 aliphatic rings. The Bertz CT molecular complexity index is 220. The van der Waals surface area contributed by atoms with Gasteiger partial charge in [0.2, 0.25) is 0 Å². The van der Waals surface area contributed by atoms with Crippen molar-refractivity contribution in [1.82, 2.24) is 0 Å². The second-order valence-electron chi connectivity index (χ2n) is 2.67. The molecule has 1 unspecified atom stereocenters. The van der Waals surface area contributed by atoms with Crippen LogP contribution in [0.2, 0.25) is 0 Å². The molecule has 1 atom stereocenters. The van der Waals surface area contributed by atoms with Crippen LogP contribution in [0, 0.1) is 0 Å². The van der Waals surface area contributed by atoms with Crippen LogP contribution in [0.1, 0.15) is 12.8 Å². The average Bonchev–Trinajstić information content (AvgIpc) is 2.15. The van der Waals surface area contributed by atoms with E-state index in [-0.39, 0.29) is 19.4 Å². The van der Waals surface area contributed by atoms with Crippen LogP contribution in [-0.4, -0.2) is 42.7 Å². The summed E-state index contributed by atoms with van der Waals surface area (Å²) in [6, 6.07) is 0. The SMILES string of the molecule is COP(=O)(OC)C(CCO)CC(=O)O. The van der Waals surface area contributed by atoms with Gasteiger partial charge in [0.25, 0.3) is 0 Å². The smallest absolute Gasteiger partial charge is 0.333 e. The van der Waals surface area contributed by atoms with Gasteiger partial charge < -0.3 is 19.3 Å². The van der Waals surface area contributed by atoms with Gasteiger partial charge in [-0.1, -0.05) is 0 Å². The maximum Gasteiger partial charge on any atom is 0.333 e. The van der Waals surface area contributed by atoms with E-state index in [9.17, 15) is 9.36 Å². The van der Waals surface area contributed by atoms with Crippen molar-refractivity contribution < 1.29 is 28.6 Å². The van der Waals surface area contributed by atoms with E-state index in [1.165, 1.54) is 14.2 Å². The van der Waals surface area contributed by atoms with E-state index in [1.807, 2.05) is 0 Å². The summed E-state index contributed by atoms with van der Waals surface area (Å²) in [6.07, 6.45) is -0.273. The highest BCUT2D eigenvalue weighted by Crippen LogP contribution is 2.53. The monoisotopic (exact) mass is 226 g/mol. The molecule has 0 aromatic heterocycles. The third kappa shape index (κ3) is 3.75. The van der Waals surface area contributed by atoms with E-state index in [0.717, 1.165) is 0 Å². The van der Waals surface area contributed by atoms with E-state index < -0.39 is 19.2 Å². The van der Waals surface area contributed by atoms with Gasteiger partial charge in [-0.25, -0.2) is 0 Å². The van der Waals surface area contributed by atoms with Crippen LogP contribution >= 0.6 is 7.60 Å². The Kier molecular flexibility index (Phi) is 5.95. The highest BCUT2D eigenvalue weighted by Gasteiger charge is 2.35. The van der Waals surface area contributed by atoms with Crippen LogP contribution in [0.4, 0.5) is 0 Å². The molecular formula is C7H15O6P. The van der Waals surface area contributed by atoms with Crippen LogP contribution in [0.5, 0.6) is 0 Å². The molecule has 0 radical (unpaired) electrons. The van der Waals surface area contributed by atoms with Crippen LogP contribution in [-0.2, 0) is 18.4 Å². The van der Waals surface area contributed by atoms with Crippen LogP contribution in [0.25, 0.3) is 0 Å². The maximum atomic E-state index is 11.8. The lowest BCUT2D eigenvalue weighted by Crippen LogP contribution is -2.17. The Balaban J connectivity index is 4.60. The van der Waals surface area contributed by atoms with E-state index in [4.69, 9.17) is 10.2 Å². The van der Waals surface area contributed by atoms with Crippen molar-refractivity contribution >= 4 is 13.6 Å². The Morgan fingerprint density at radius 1 is 1.43 bits per heavy atom. The summed E-state index contributed by atoms with van der Waals surface area (Å²) in [5.74, 6) is -1.10. The standard InChI is InChI=1S/C7H15O6P/c1-12-14(11,13-2)6(3-4-8)5-7(9)10/h6,8H,3-5H2,1-2H3,(H,9,10). The highest BCUT2D eigenvalue weighted by molar-refractivity contribution is 7.54. The summed E-state index contributed by atoms with van der Waals surface area (Å²) in [5, 5.41) is 17.2. The van der Waals surface area contributed by atoms with E-state index in [2.05, 4.69) is 9.05 Å². The first-order chi connectivity index (χ1) is 6.50. The van der Waals surface area contributed by atoms with Gasteiger partial charge in [0.05, 0.1) is 12.1 Å². The fourth-order valence-electron chi connectivity index (χ4n) is 1.10. The Hall–Kier alpha value is -0.420. The predicted molar refractivity (Wildman–Crippen MR) is 49.4 cm³/mol. The quantitative estimate of drug-likeness (QED) is 0.620. The van der Waals surface area contributed by atoms with Crippen molar-refractivity contribution in [2.24, 2.45) is 0 Å². The fourth-order valence-corrected chi connectivity index (χ4v) is 2.65. The topological polar surface area (TPSA) is 93.1 Å². The Labute approximate surface area is 82.4 Å². The Morgan fingerprint density at radius 3 is 2.21 bits per heavy atom. The van der Waals surface area contributed by atoms with Gasteiger partial charge in [-0.3, -0.25) is 9.36 Å². The second kappa shape index (κ2) is 6.14. The van der Waals surface area contributed by atoms with Gasteiger partial charge in [-0.2, -0.15) is 0 Å². The van der Waals surface area contributed by atoms with Crippen LogP contribution in [0.15, 0.2) is 0 Å². The number of aliphatic hydroxyl groups is 1. The minimum atomic E-state index is -3.40. The number of hydrogen-bond acceptors (Lipinski definition) is 5. The van der Waals surface area contributed by atoms with Gasteiger partial charge in [-0.05, 0) is 6.42 Å². The maximum absolute atomic E-state index is 11.8. The first-order valence-electron chi connectivity index (χ1n) is 4.04. The first kappa shape index (κ1) is 13.6. The molecule has 0 spiro atoms. The number of carbonyl (C=O) groups is 1. The largest absolute Gasteiger partial charge is 0.481 e. The number of carboxylic acids is 1. The molecular weight excluding hydrogens is 211 g/mol. The van der Waals surface area contributed by atoms with Crippen molar-refractivity contribution in [3.8, 4) is 0 Å². The Morgan fingerprint density at radius 2 is 1.93 bits per heavy atom. The molecule has 2 N–H and O–H groups in total. The lowest BCUT2D eigenvalue weighted by Gasteiger charge is -2.22. The predicted octanol–water partition coefficient (Wildman–Crippen LogP) is 0.698. The highest BCUT2D eigenvalue weighted by atomic mass is 31.2. The molecule has 0 aromatic rings. The first-order valence-corrected chi connectivity index (χ1v) is 5.65. The minimum absolute atomic E-state index is 0.0747. The molecule has 84 valence electrons. The molecule has 6 nitrogen and oxygen atoms in total. The lowest BCUT2D eigenvalue weighted by molar-refractivity contribution is -0.137. The summed E-state index contributed by atoms with van der Waals surface area (Å²) in [4.78, 5) is 10.4. The number of rotatable bonds is 7. The molecule has 14 heavy (non-hydrogen) atoms. The molecule has 0 aliphatic carbocycles. The number of hydrogen-bond donors (Lipinski definition) is 2. The van der Waals surface area contributed by atoms with Gasteiger partial charge in [0, 0.05) is 20.8 Å². The molecule has 0 bridgehead atoms. The normalized spacial score (nSPS) is 13.9. The summed E-state index contributed by atoms with van der Waals surface area (Å²) in [6.45, 7) is -0.255. The van der Waals surface area contributed by atoms with Gasteiger partial charge in [0.1, 0.15) is 0 Å². The van der Waals surface area contributed by atoms with E-state index in [1.54, 1.807) is 0 Å². The van der Waals surface area contributed by atoms with Crippen molar-refractivity contribution in [1.29, 1.82) is 0 Å². The molecule has 0 rings (SSSR count). The summed E-state index contributed by atoms with van der Waals surface area (Å²) in [7, 11) is -1.02. The zero-order chi connectivity index (χ0) is 11.2. The third-order valence-electron chi connectivity index (χ3n) is 1.83.